The van der Waals surface area contributed by atoms with Crippen molar-refractivity contribution in [2.24, 2.45) is 0 Å². The Kier molecular flexibility index (Phi) is 4.20. The van der Waals surface area contributed by atoms with Crippen LogP contribution in [0.25, 0.3) is 10.2 Å². The van der Waals surface area contributed by atoms with Gasteiger partial charge in [-0.3, -0.25) is 0 Å². The van der Waals surface area contributed by atoms with Crippen molar-refractivity contribution in [3.8, 4) is 0 Å². The summed E-state index contributed by atoms with van der Waals surface area (Å²) in [6.45, 7) is 4.33. The van der Waals surface area contributed by atoms with E-state index in [-0.39, 0.29) is 0 Å². The van der Waals surface area contributed by atoms with Crippen molar-refractivity contribution in [1.29, 1.82) is 0 Å². The molecule has 21 heavy (non-hydrogen) atoms. The van der Waals surface area contributed by atoms with Gasteiger partial charge >= 0.3 is 0 Å². The highest BCUT2D eigenvalue weighted by molar-refractivity contribution is 7.22. The van der Waals surface area contributed by atoms with Crippen LogP contribution in [0.5, 0.6) is 0 Å². The Morgan fingerprint density at radius 1 is 1.10 bits per heavy atom. The van der Waals surface area contributed by atoms with Crippen LogP contribution >= 0.6 is 11.3 Å². The van der Waals surface area contributed by atoms with E-state index in [2.05, 4.69) is 66.6 Å². The highest BCUT2D eigenvalue weighted by Crippen LogP contribution is 2.30. The average molecular weight is 296 g/mol. The normalized spacial score (nSPS) is 11.0. The first-order chi connectivity index (χ1) is 10.3. The molecule has 0 bridgehead atoms. The van der Waals surface area contributed by atoms with Crippen molar-refractivity contribution in [3.63, 3.8) is 0 Å². The summed E-state index contributed by atoms with van der Waals surface area (Å²) in [6, 6.07) is 15.0. The Balaban J connectivity index is 1.77. The number of thiazole rings is 1. The van der Waals surface area contributed by atoms with Crippen LogP contribution in [-0.4, -0.2) is 4.98 Å². The third-order valence-electron chi connectivity index (χ3n) is 3.64. The van der Waals surface area contributed by atoms with Crippen molar-refractivity contribution < 1.29 is 0 Å². The number of aryl methyl sites for hydroxylation is 2. The van der Waals surface area contributed by atoms with Crippen LogP contribution in [0.15, 0.2) is 42.5 Å². The maximum absolute atomic E-state index is 4.69. The van der Waals surface area contributed by atoms with E-state index in [4.69, 9.17) is 0 Å². The van der Waals surface area contributed by atoms with Crippen LogP contribution in [0.3, 0.4) is 0 Å². The minimum Gasteiger partial charge on any atom is -0.332 e. The van der Waals surface area contributed by atoms with E-state index in [0.717, 1.165) is 22.8 Å². The number of hydrogen-bond donors (Lipinski definition) is 1. The minimum atomic E-state index is 0.959. The van der Waals surface area contributed by atoms with Gasteiger partial charge in [-0.25, -0.2) is 4.98 Å². The molecular formula is C18H20N2S. The maximum Gasteiger partial charge on any atom is 0.188 e. The predicted molar refractivity (Wildman–Crippen MR) is 92.7 cm³/mol. The molecule has 0 aliphatic carbocycles. The number of anilines is 2. The molecule has 0 saturated carbocycles. The Labute approximate surface area is 129 Å². The minimum absolute atomic E-state index is 0.959. The van der Waals surface area contributed by atoms with Gasteiger partial charge in [0.05, 0.1) is 10.2 Å². The number of para-hydroxylation sites is 1. The predicted octanol–water partition coefficient (Wildman–Crippen LogP) is 5.69. The lowest BCUT2D eigenvalue weighted by Crippen LogP contribution is -1.90. The fourth-order valence-corrected chi connectivity index (χ4v) is 3.36. The molecule has 2 aromatic carbocycles. The molecule has 1 heterocycles. The van der Waals surface area contributed by atoms with Gasteiger partial charge in [-0.05, 0) is 49.1 Å². The molecule has 3 heteroatoms. The maximum atomic E-state index is 4.69. The monoisotopic (exact) mass is 296 g/mol. The van der Waals surface area contributed by atoms with Crippen molar-refractivity contribution in [3.05, 3.63) is 53.6 Å². The van der Waals surface area contributed by atoms with Crippen LogP contribution in [0.1, 0.15) is 30.9 Å². The first-order valence-corrected chi connectivity index (χ1v) is 8.30. The molecule has 0 aliphatic rings. The number of benzene rings is 2. The molecule has 0 atom stereocenters. The van der Waals surface area contributed by atoms with E-state index in [9.17, 15) is 0 Å². The molecule has 0 aliphatic heterocycles. The number of nitrogens with one attached hydrogen (secondary N) is 1. The van der Waals surface area contributed by atoms with Gasteiger partial charge in [-0.2, -0.15) is 0 Å². The molecule has 0 unspecified atom stereocenters. The molecular weight excluding hydrogens is 276 g/mol. The van der Waals surface area contributed by atoms with Crippen LogP contribution in [-0.2, 0) is 6.42 Å². The molecule has 0 saturated heterocycles. The van der Waals surface area contributed by atoms with Gasteiger partial charge in [0.25, 0.3) is 0 Å². The summed E-state index contributed by atoms with van der Waals surface area (Å²) in [7, 11) is 0. The van der Waals surface area contributed by atoms with Gasteiger partial charge in [-0.1, -0.05) is 48.9 Å². The first kappa shape index (κ1) is 14.1. The molecule has 2 nitrogen and oxygen atoms in total. The van der Waals surface area contributed by atoms with Crippen molar-refractivity contribution in [2.75, 3.05) is 5.32 Å². The molecule has 0 fully saturated rings. The number of unbranched alkanes of at least 4 members (excludes halogenated alkanes) is 1. The largest absolute Gasteiger partial charge is 0.332 e. The summed E-state index contributed by atoms with van der Waals surface area (Å²) in [5, 5.41) is 4.37. The van der Waals surface area contributed by atoms with E-state index < -0.39 is 0 Å². The molecule has 108 valence electrons. The summed E-state index contributed by atoms with van der Waals surface area (Å²) >= 11 is 1.70. The second kappa shape index (κ2) is 6.27. The molecule has 3 aromatic rings. The first-order valence-electron chi connectivity index (χ1n) is 7.48. The molecule has 0 amide bonds. The summed E-state index contributed by atoms with van der Waals surface area (Å²) < 4.78 is 1.23. The summed E-state index contributed by atoms with van der Waals surface area (Å²) in [5.74, 6) is 0. The highest BCUT2D eigenvalue weighted by atomic mass is 32.1. The molecule has 0 radical (unpaired) electrons. The summed E-state index contributed by atoms with van der Waals surface area (Å²) in [5.41, 5.74) is 4.84. The number of hydrogen-bond acceptors (Lipinski definition) is 3. The molecule has 3 rings (SSSR count). The molecule has 1 N–H and O–H groups in total. The molecule has 0 spiro atoms. The number of rotatable bonds is 5. The number of aromatic nitrogens is 1. The van der Waals surface area contributed by atoms with Crippen molar-refractivity contribution in [2.45, 2.75) is 33.1 Å². The zero-order valence-corrected chi connectivity index (χ0v) is 13.3. The third-order valence-corrected chi connectivity index (χ3v) is 4.58. The fraction of sp³-hybridized carbons (Fsp3) is 0.278. The van der Waals surface area contributed by atoms with Crippen LogP contribution in [0.4, 0.5) is 10.8 Å². The Hall–Kier alpha value is -1.87. The van der Waals surface area contributed by atoms with Gasteiger partial charge in [0.1, 0.15) is 0 Å². The van der Waals surface area contributed by atoms with Crippen molar-refractivity contribution in [1.82, 2.24) is 4.98 Å². The van der Waals surface area contributed by atoms with E-state index in [1.54, 1.807) is 11.3 Å². The Morgan fingerprint density at radius 3 is 2.62 bits per heavy atom. The second-order valence-corrected chi connectivity index (χ2v) is 6.40. The van der Waals surface area contributed by atoms with Gasteiger partial charge in [-0.15, -0.1) is 0 Å². The number of fused-ring (bicyclic) bond motifs is 1. The van der Waals surface area contributed by atoms with Gasteiger partial charge < -0.3 is 5.32 Å². The summed E-state index contributed by atoms with van der Waals surface area (Å²) in [4.78, 5) is 4.69. The zero-order valence-electron chi connectivity index (χ0n) is 12.5. The highest BCUT2D eigenvalue weighted by Gasteiger charge is 2.05. The van der Waals surface area contributed by atoms with Crippen molar-refractivity contribution >= 4 is 32.4 Å². The van der Waals surface area contributed by atoms with E-state index in [0.29, 0.717) is 0 Å². The van der Waals surface area contributed by atoms with E-state index in [1.165, 1.54) is 28.7 Å². The van der Waals surface area contributed by atoms with E-state index >= 15 is 0 Å². The lowest BCUT2D eigenvalue weighted by molar-refractivity contribution is 0.795. The van der Waals surface area contributed by atoms with Crippen LogP contribution in [0.2, 0.25) is 0 Å². The third kappa shape index (κ3) is 3.24. The number of nitrogens with zero attached hydrogens (tertiary/aromatic N) is 1. The molecule has 1 aromatic heterocycles. The van der Waals surface area contributed by atoms with Gasteiger partial charge in [0.2, 0.25) is 0 Å². The van der Waals surface area contributed by atoms with Crippen LogP contribution in [0, 0.1) is 6.92 Å². The second-order valence-electron chi connectivity index (χ2n) is 5.37. The summed E-state index contributed by atoms with van der Waals surface area (Å²) in [6.07, 6.45) is 3.66. The fourth-order valence-electron chi connectivity index (χ4n) is 2.40. The topological polar surface area (TPSA) is 24.9 Å². The quantitative estimate of drug-likeness (QED) is 0.654. The van der Waals surface area contributed by atoms with Gasteiger partial charge in [0.15, 0.2) is 5.13 Å². The Morgan fingerprint density at radius 2 is 1.90 bits per heavy atom. The van der Waals surface area contributed by atoms with Crippen LogP contribution < -0.4 is 5.32 Å². The smallest absolute Gasteiger partial charge is 0.188 e. The van der Waals surface area contributed by atoms with E-state index in [1.807, 2.05) is 0 Å². The standard InChI is InChI=1S/C18H20N2S/c1-3-4-7-14-9-11-15(12-10-14)19-18-20-17-13(2)6-5-8-16(17)21-18/h5-6,8-12H,3-4,7H2,1-2H3,(H,19,20). The Bertz CT molecular complexity index is 729. The zero-order chi connectivity index (χ0) is 14.7. The average Bonchev–Trinajstić information content (AvgIpc) is 2.91. The lowest BCUT2D eigenvalue weighted by Gasteiger charge is -2.04. The SMILES string of the molecule is CCCCc1ccc(Nc2nc3c(C)cccc3s2)cc1. The lowest BCUT2D eigenvalue weighted by atomic mass is 10.1. The van der Waals surface area contributed by atoms with Gasteiger partial charge in [0, 0.05) is 5.69 Å².